The van der Waals surface area contributed by atoms with Crippen molar-refractivity contribution in [3.8, 4) is 0 Å². The summed E-state index contributed by atoms with van der Waals surface area (Å²) in [5.41, 5.74) is 0. The lowest BCUT2D eigenvalue weighted by Crippen LogP contribution is -2.62. The molecule has 2 aliphatic heterocycles. The number of aliphatic hydroxyl groups excluding tert-OH is 3. The normalized spacial score (nSPS) is 41.1. The number of carbonyl (C=O) groups excluding carboxylic acids is 2. The Morgan fingerprint density at radius 3 is 2.67 bits per heavy atom. The van der Waals surface area contributed by atoms with Crippen LogP contribution in [0.5, 0.6) is 0 Å². The van der Waals surface area contributed by atoms with E-state index in [1.54, 1.807) is 0 Å². The number of amides is 3. The molecule has 0 aromatic carbocycles. The highest BCUT2D eigenvalue weighted by Crippen LogP contribution is 2.27. The Morgan fingerprint density at radius 2 is 2.11 bits per heavy atom. The number of ether oxygens (including phenoxy) is 1. The molecule has 4 N–H and O–H groups in total. The van der Waals surface area contributed by atoms with Crippen molar-refractivity contribution < 1.29 is 29.6 Å². The highest BCUT2D eigenvalue weighted by molar-refractivity contribution is 5.98. The molecule has 0 radical (unpaired) electrons. The quantitative estimate of drug-likeness (QED) is 0.454. The van der Waals surface area contributed by atoms with E-state index >= 15 is 0 Å². The zero-order valence-corrected chi connectivity index (χ0v) is 9.81. The topological polar surface area (TPSA) is 119 Å². The fourth-order valence-corrected chi connectivity index (χ4v) is 2.13. The Labute approximate surface area is 103 Å². The monoisotopic (exact) mass is 260 g/mol. The number of aliphatic hydroxyl groups is 3. The van der Waals surface area contributed by atoms with Crippen molar-refractivity contribution in [2.45, 2.75) is 38.0 Å². The molecule has 18 heavy (non-hydrogen) atoms. The summed E-state index contributed by atoms with van der Waals surface area (Å²) >= 11 is 0. The number of carbonyl (C=O) groups is 2. The average molecular weight is 260 g/mol. The number of nitrogens with zero attached hydrogens (tertiary/aromatic N) is 1. The summed E-state index contributed by atoms with van der Waals surface area (Å²) < 4.78 is 5.28. The average Bonchev–Trinajstić information content (AvgIpc) is 2.67. The van der Waals surface area contributed by atoms with Gasteiger partial charge in [-0.3, -0.25) is 15.0 Å². The van der Waals surface area contributed by atoms with Crippen molar-refractivity contribution in [1.29, 1.82) is 0 Å². The minimum atomic E-state index is -1.30. The Kier molecular flexibility index (Phi) is 3.53. The Bertz CT molecular complexity index is 362. The van der Waals surface area contributed by atoms with E-state index in [-0.39, 0.29) is 13.0 Å². The highest BCUT2D eigenvalue weighted by Gasteiger charge is 2.46. The predicted molar refractivity (Wildman–Crippen MR) is 56.9 cm³/mol. The zero-order valence-electron chi connectivity index (χ0n) is 9.81. The molecule has 2 heterocycles. The van der Waals surface area contributed by atoms with Crippen LogP contribution in [-0.4, -0.2) is 63.4 Å². The van der Waals surface area contributed by atoms with Crippen LogP contribution in [-0.2, 0) is 9.53 Å². The van der Waals surface area contributed by atoms with Gasteiger partial charge in [0.2, 0.25) is 5.91 Å². The fourth-order valence-electron chi connectivity index (χ4n) is 2.13. The van der Waals surface area contributed by atoms with Gasteiger partial charge in [0.05, 0.1) is 18.6 Å². The van der Waals surface area contributed by atoms with Crippen LogP contribution in [0.4, 0.5) is 4.79 Å². The summed E-state index contributed by atoms with van der Waals surface area (Å²) in [5.74, 6) is -1.34. The Morgan fingerprint density at radius 1 is 1.44 bits per heavy atom. The van der Waals surface area contributed by atoms with E-state index < -0.39 is 42.5 Å². The van der Waals surface area contributed by atoms with E-state index in [0.29, 0.717) is 0 Å². The van der Waals surface area contributed by atoms with E-state index in [2.05, 4.69) is 5.32 Å². The molecule has 102 valence electrons. The van der Waals surface area contributed by atoms with Gasteiger partial charge in [-0.15, -0.1) is 0 Å². The largest absolute Gasteiger partial charge is 0.394 e. The van der Waals surface area contributed by atoms with Crippen LogP contribution >= 0.6 is 0 Å². The summed E-state index contributed by atoms with van der Waals surface area (Å²) in [7, 11) is 0. The third-order valence-electron chi connectivity index (χ3n) is 3.30. The van der Waals surface area contributed by atoms with E-state index in [1.807, 2.05) is 0 Å². The second kappa shape index (κ2) is 4.81. The molecule has 5 atom stereocenters. The first-order valence-electron chi connectivity index (χ1n) is 5.71. The molecular formula is C10H16N2O6. The third kappa shape index (κ3) is 2.07. The zero-order chi connectivity index (χ0) is 13.4. The summed E-state index contributed by atoms with van der Waals surface area (Å²) in [6.07, 6.45) is -3.78. The molecule has 5 unspecified atom stereocenters. The van der Waals surface area contributed by atoms with E-state index in [4.69, 9.17) is 9.84 Å². The summed E-state index contributed by atoms with van der Waals surface area (Å²) in [5, 5.41) is 30.5. The standard InChI is InChI=1S/C10H16N2O6/c1-4-8(15)11-10(17)12(9(4)16)7-2-5(14)6(3-13)18-7/h4-7,9,13-14,16H,2-3H2,1H3,(H,11,15,17). The van der Waals surface area contributed by atoms with Gasteiger partial charge in [0.15, 0.2) is 0 Å². The molecule has 0 bridgehead atoms. The van der Waals surface area contributed by atoms with Crippen molar-refractivity contribution in [3.05, 3.63) is 0 Å². The molecule has 2 saturated heterocycles. The smallest absolute Gasteiger partial charge is 0.328 e. The van der Waals surface area contributed by atoms with Gasteiger partial charge in [-0.2, -0.15) is 0 Å². The Hall–Kier alpha value is -1.22. The van der Waals surface area contributed by atoms with Crippen molar-refractivity contribution in [2.24, 2.45) is 5.92 Å². The maximum atomic E-state index is 11.7. The van der Waals surface area contributed by atoms with E-state index in [0.717, 1.165) is 4.90 Å². The van der Waals surface area contributed by atoms with Gasteiger partial charge < -0.3 is 20.1 Å². The lowest BCUT2D eigenvalue weighted by Gasteiger charge is -2.38. The third-order valence-corrected chi connectivity index (χ3v) is 3.30. The molecule has 0 spiro atoms. The molecule has 3 amide bonds. The number of imide groups is 1. The minimum Gasteiger partial charge on any atom is -0.394 e. The second-order valence-corrected chi connectivity index (χ2v) is 4.52. The lowest BCUT2D eigenvalue weighted by molar-refractivity contribution is -0.153. The van der Waals surface area contributed by atoms with Crippen LogP contribution in [0.2, 0.25) is 0 Å². The van der Waals surface area contributed by atoms with Crippen LogP contribution in [0.1, 0.15) is 13.3 Å². The molecule has 8 nitrogen and oxygen atoms in total. The number of rotatable bonds is 2. The van der Waals surface area contributed by atoms with Gasteiger partial charge in [0.25, 0.3) is 0 Å². The highest BCUT2D eigenvalue weighted by atomic mass is 16.5. The molecule has 8 heteroatoms. The van der Waals surface area contributed by atoms with Crippen molar-refractivity contribution in [1.82, 2.24) is 10.2 Å². The number of hydrogen-bond acceptors (Lipinski definition) is 6. The summed E-state index contributed by atoms with van der Waals surface area (Å²) in [4.78, 5) is 23.9. The van der Waals surface area contributed by atoms with Gasteiger partial charge >= 0.3 is 6.03 Å². The van der Waals surface area contributed by atoms with Gasteiger partial charge in [0.1, 0.15) is 18.6 Å². The van der Waals surface area contributed by atoms with Crippen LogP contribution in [0.15, 0.2) is 0 Å². The number of nitrogens with one attached hydrogen (secondary N) is 1. The van der Waals surface area contributed by atoms with Crippen LogP contribution in [0.25, 0.3) is 0 Å². The maximum absolute atomic E-state index is 11.7. The van der Waals surface area contributed by atoms with Crippen LogP contribution in [0, 0.1) is 5.92 Å². The molecule has 0 aliphatic carbocycles. The molecule has 2 aliphatic rings. The summed E-state index contributed by atoms with van der Waals surface area (Å²) in [6, 6.07) is -0.763. The molecule has 2 rings (SSSR count). The summed E-state index contributed by atoms with van der Waals surface area (Å²) in [6.45, 7) is 1.10. The van der Waals surface area contributed by atoms with Gasteiger partial charge in [-0.1, -0.05) is 0 Å². The van der Waals surface area contributed by atoms with Crippen LogP contribution in [0.3, 0.4) is 0 Å². The molecule has 0 aromatic rings. The Balaban J connectivity index is 2.13. The first-order chi connectivity index (χ1) is 8.45. The maximum Gasteiger partial charge on any atom is 0.328 e. The first-order valence-corrected chi connectivity index (χ1v) is 5.71. The number of urea groups is 1. The minimum absolute atomic E-state index is 0.0800. The molecule has 0 saturated carbocycles. The molecule has 2 fully saturated rings. The lowest BCUT2D eigenvalue weighted by atomic mass is 10.1. The second-order valence-electron chi connectivity index (χ2n) is 4.52. The van der Waals surface area contributed by atoms with Crippen molar-refractivity contribution in [3.63, 3.8) is 0 Å². The first kappa shape index (κ1) is 13.2. The fraction of sp³-hybridized carbons (Fsp3) is 0.800. The van der Waals surface area contributed by atoms with Crippen molar-refractivity contribution in [2.75, 3.05) is 6.61 Å². The van der Waals surface area contributed by atoms with Crippen LogP contribution < -0.4 is 5.32 Å². The van der Waals surface area contributed by atoms with E-state index in [1.165, 1.54) is 6.92 Å². The predicted octanol–water partition coefficient (Wildman–Crippen LogP) is -2.04. The van der Waals surface area contributed by atoms with Crippen molar-refractivity contribution >= 4 is 11.9 Å². The van der Waals surface area contributed by atoms with E-state index in [9.17, 15) is 19.8 Å². The number of hydrogen-bond donors (Lipinski definition) is 4. The molecule has 0 aromatic heterocycles. The van der Waals surface area contributed by atoms with Gasteiger partial charge in [0, 0.05) is 6.42 Å². The van der Waals surface area contributed by atoms with Gasteiger partial charge in [-0.05, 0) is 6.92 Å². The molecular weight excluding hydrogens is 244 g/mol. The SMILES string of the molecule is CC1C(=O)NC(=O)N(C2CC(O)C(CO)O2)C1O. The van der Waals surface area contributed by atoms with Gasteiger partial charge in [-0.25, -0.2) is 4.79 Å².